The zero-order valence-electron chi connectivity index (χ0n) is 16.8. The lowest BCUT2D eigenvalue weighted by Gasteiger charge is -2.23. The number of aromatic nitrogens is 2. The Bertz CT molecular complexity index is 1120. The van der Waals surface area contributed by atoms with E-state index in [-0.39, 0.29) is 5.41 Å². The van der Waals surface area contributed by atoms with Crippen molar-refractivity contribution >= 4 is 47.6 Å². The maximum Gasteiger partial charge on any atom is 0.230 e. The quantitative estimate of drug-likeness (QED) is 0.254. The zero-order valence-corrected chi connectivity index (χ0v) is 18.6. The number of rotatable bonds is 6. The van der Waals surface area contributed by atoms with Gasteiger partial charge in [0.2, 0.25) is 5.71 Å². The van der Waals surface area contributed by atoms with Crippen LogP contribution in [0.1, 0.15) is 37.7 Å². The minimum atomic E-state index is -0.0156. The zero-order chi connectivity index (χ0) is 21.0. The van der Waals surface area contributed by atoms with E-state index in [9.17, 15) is 0 Å². The normalized spacial score (nSPS) is 12.3. The van der Waals surface area contributed by atoms with Crippen molar-refractivity contribution in [1.82, 2.24) is 9.97 Å². The van der Waals surface area contributed by atoms with Crippen molar-refractivity contribution < 1.29 is 4.42 Å². The molecule has 0 atom stereocenters. The van der Waals surface area contributed by atoms with Gasteiger partial charge in [0.15, 0.2) is 0 Å². The highest BCUT2D eigenvalue weighted by atomic mass is 32.2. The summed E-state index contributed by atoms with van der Waals surface area (Å²) in [7, 11) is 0. The fourth-order valence-corrected chi connectivity index (χ4v) is 4.08. The Morgan fingerprint density at radius 3 is 2.59 bits per heavy atom. The number of furan rings is 1. The first-order chi connectivity index (χ1) is 13.9. The maximum atomic E-state index is 5.97. The lowest BCUT2D eigenvalue weighted by Crippen LogP contribution is -2.12. The van der Waals surface area contributed by atoms with E-state index in [1.54, 1.807) is 23.2 Å². The number of benzene rings is 1. The summed E-state index contributed by atoms with van der Waals surface area (Å²) in [6, 6.07) is 6.41. The molecule has 0 N–H and O–H groups in total. The van der Waals surface area contributed by atoms with Gasteiger partial charge in [-0.25, -0.2) is 9.97 Å². The Balaban J connectivity index is 2.25. The molecule has 2 heterocycles. The number of thiol groups is 1. The number of hydrogen-bond donors (Lipinski definition) is 1. The van der Waals surface area contributed by atoms with Gasteiger partial charge < -0.3 is 4.42 Å². The van der Waals surface area contributed by atoms with Gasteiger partial charge in [-0.15, -0.1) is 0 Å². The van der Waals surface area contributed by atoms with E-state index in [0.717, 1.165) is 22.2 Å². The summed E-state index contributed by atoms with van der Waals surface area (Å²) in [5, 5.41) is 4.38. The van der Waals surface area contributed by atoms with E-state index in [4.69, 9.17) is 4.42 Å². The summed E-state index contributed by atoms with van der Waals surface area (Å²) in [5.74, 6) is 0.693. The number of fused-ring (bicyclic) bond motifs is 1. The van der Waals surface area contributed by atoms with Crippen LogP contribution in [0.5, 0.6) is 0 Å². The van der Waals surface area contributed by atoms with Crippen LogP contribution in [0.3, 0.4) is 0 Å². The van der Waals surface area contributed by atoms with Crippen LogP contribution in [0.25, 0.3) is 34.5 Å². The second kappa shape index (κ2) is 8.89. The smallest absolute Gasteiger partial charge is 0.230 e. The molecule has 0 saturated carbocycles. The SMILES string of the molecule is C=CSc1ccc(-c2ncnc3oc(/C=C/C=C\S)c(C=C)c23)cc1C(C)(C)C. The molecule has 0 bridgehead atoms. The molecule has 0 saturated heterocycles. The van der Waals surface area contributed by atoms with Crippen LogP contribution in [0.15, 0.2) is 70.0 Å². The van der Waals surface area contributed by atoms with Gasteiger partial charge in [-0.3, -0.25) is 0 Å². The van der Waals surface area contributed by atoms with Crippen LogP contribution in [0.2, 0.25) is 0 Å². The van der Waals surface area contributed by atoms with E-state index in [2.05, 4.69) is 74.7 Å². The number of nitrogens with zero attached hydrogens (tertiary/aromatic N) is 2. The van der Waals surface area contributed by atoms with Gasteiger partial charge in [0.1, 0.15) is 12.1 Å². The van der Waals surface area contributed by atoms with Crippen LogP contribution in [-0.2, 0) is 5.41 Å². The Kier molecular flexibility index (Phi) is 6.50. The standard InChI is InChI=1S/C24H24N2OS2/c1-6-17-19(10-8-9-13-28)27-23-21(17)22(25-15-26-23)16-11-12-20(29-7-2)18(14-16)24(3,4)5/h6-15,28H,1-2H2,3-5H3/b10-8+,13-9-. The monoisotopic (exact) mass is 420 g/mol. The maximum absolute atomic E-state index is 5.97. The van der Waals surface area contributed by atoms with E-state index in [1.165, 1.54) is 16.8 Å². The molecule has 1 aromatic carbocycles. The largest absolute Gasteiger partial charge is 0.438 e. The van der Waals surface area contributed by atoms with Crippen LogP contribution < -0.4 is 0 Å². The summed E-state index contributed by atoms with van der Waals surface area (Å²) < 4.78 is 5.97. The van der Waals surface area contributed by atoms with Crippen molar-refractivity contribution in [3.8, 4) is 11.3 Å². The van der Waals surface area contributed by atoms with Gasteiger partial charge >= 0.3 is 0 Å². The van der Waals surface area contributed by atoms with Crippen molar-refractivity contribution in [3.05, 3.63) is 77.5 Å². The minimum absolute atomic E-state index is 0.0156. The average Bonchev–Trinajstić information content (AvgIpc) is 3.05. The van der Waals surface area contributed by atoms with Crippen molar-refractivity contribution in [2.75, 3.05) is 0 Å². The molecule has 29 heavy (non-hydrogen) atoms. The molecule has 0 unspecified atom stereocenters. The molecule has 2 aromatic heterocycles. The molecule has 0 fully saturated rings. The fraction of sp³-hybridized carbons (Fsp3) is 0.167. The van der Waals surface area contributed by atoms with Crippen molar-refractivity contribution in [2.45, 2.75) is 31.1 Å². The van der Waals surface area contributed by atoms with Gasteiger partial charge in [-0.05, 0) is 40.0 Å². The second-order valence-electron chi connectivity index (χ2n) is 7.43. The topological polar surface area (TPSA) is 38.9 Å². The van der Waals surface area contributed by atoms with Crippen molar-refractivity contribution in [1.29, 1.82) is 0 Å². The number of thioether (sulfide) groups is 1. The predicted octanol–water partition coefficient (Wildman–Crippen LogP) is 7.52. The summed E-state index contributed by atoms with van der Waals surface area (Å²) in [6.07, 6.45) is 8.89. The molecule has 0 aliphatic rings. The van der Waals surface area contributed by atoms with Crippen molar-refractivity contribution in [3.63, 3.8) is 0 Å². The third kappa shape index (κ3) is 4.41. The molecular weight excluding hydrogens is 396 g/mol. The number of hydrogen-bond acceptors (Lipinski definition) is 5. The molecule has 3 nitrogen and oxygen atoms in total. The first kappa shape index (κ1) is 21.2. The summed E-state index contributed by atoms with van der Waals surface area (Å²) in [4.78, 5) is 10.1. The van der Waals surface area contributed by atoms with Gasteiger partial charge in [-0.1, -0.05) is 70.0 Å². The molecule has 0 amide bonds. The summed E-state index contributed by atoms with van der Waals surface area (Å²) >= 11 is 5.71. The van der Waals surface area contributed by atoms with Crippen LogP contribution in [0.4, 0.5) is 0 Å². The van der Waals surface area contributed by atoms with E-state index >= 15 is 0 Å². The fourth-order valence-electron chi connectivity index (χ4n) is 3.17. The second-order valence-corrected chi connectivity index (χ2v) is 8.74. The summed E-state index contributed by atoms with van der Waals surface area (Å²) in [5.41, 5.74) is 4.50. The van der Waals surface area contributed by atoms with Gasteiger partial charge in [0.05, 0.1) is 11.1 Å². The lowest BCUT2D eigenvalue weighted by molar-refractivity contribution is 0.578. The predicted molar refractivity (Wildman–Crippen MR) is 129 cm³/mol. The van der Waals surface area contributed by atoms with Crippen LogP contribution in [0, 0.1) is 0 Å². The average molecular weight is 421 g/mol. The van der Waals surface area contributed by atoms with E-state index in [0.29, 0.717) is 11.5 Å². The molecular formula is C24H24N2OS2. The highest BCUT2D eigenvalue weighted by Crippen LogP contribution is 2.38. The van der Waals surface area contributed by atoms with Crippen LogP contribution in [-0.4, -0.2) is 9.97 Å². The highest BCUT2D eigenvalue weighted by molar-refractivity contribution is 8.02. The van der Waals surface area contributed by atoms with Gasteiger partial charge in [0, 0.05) is 16.0 Å². The first-order valence-corrected chi connectivity index (χ1v) is 10.6. The third-order valence-corrected chi connectivity index (χ3v) is 5.42. The third-order valence-electron chi connectivity index (χ3n) is 4.47. The Hall–Kier alpha value is -2.50. The molecule has 0 spiro atoms. The molecule has 148 valence electrons. The molecule has 3 aromatic rings. The Morgan fingerprint density at radius 2 is 1.93 bits per heavy atom. The molecule has 0 radical (unpaired) electrons. The summed E-state index contributed by atoms with van der Waals surface area (Å²) in [6.45, 7) is 14.5. The lowest BCUT2D eigenvalue weighted by atomic mass is 9.85. The van der Waals surface area contributed by atoms with Gasteiger partial charge in [0.25, 0.3) is 0 Å². The highest BCUT2D eigenvalue weighted by Gasteiger charge is 2.21. The molecule has 0 aliphatic carbocycles. The van der Waals surface area contributed by atoms with E-state index in [1.807, 2.05) is 23.6 Å². The Labute approximate surface area is 181 Å². The Morgan fingerprint density at radius 1 is 1.14 bits per heavy atom. The van der Waals surface area contributed by atoms with Gasteiger partial charge in [-0.2, -0.15) is 12.6 Å². The van der Waals surface area contributed by atoms with Crippen molar-refractivity contribution in [2.24, 2.45) is 0 Å². The minimum Gasteiger partial charge on any atom is -0.438 e. The molecule has 0 aliphatic heterocycles. The van der Waals surface area contributed by atoms with E-state index < -0.39 is 0 Å². The number of allylic oxidation sites excluding steroid dienone is 2. The first-order valence-electron chi connectivity index (χ1n) is 9.20. The molecule has 3 rings (SSSR count). The van der Waals surface area contributed by atoms with Crippen LogP contribution >= 0.6 is 24.4 Å². The molecule has 5 heteroatoms.